The number of carbonyl (C=O) groups excluding carboxylic acids is 1. The van der Waals surface area contributed by atoms with Gasteiger partial charge in [0, 0.05) is 10.7 Å². The molecule has 1 aromatic rings. The number of hydrogen-bond acceptors (Lipinski definition) is 4. The molecule has 1 aromatic carbocycles. The zero-order valence-electron chi connectivity index (χ0n) is 8.52. The molecule has 0 bridgehead atoms. The molecule has 0 saturated carbocycles. The molecule has 1 rings (SSSR count). The fourth-order valence-electron chi connectivity index (χ4n) is 1.05. The number of nitrogens with two attached hydrogens (primary N) is 1. The van der Waals surface area contributed by atoms with Gasteiger partial charge < -0.3 is 10.5 Å². The lowest BCUT2D eigenvalue weighted by molar-refractivity contribution is -0.118. The summed E-state index contributed by atoms with van der Waals surface area (Å²) < 4.78 is 40.1. The van der Waals surface area contributed by atoms with Crippen LogP contribution in [0.3, 0.4) is 0 Å². The first-order valence-electron chi connectivity index (χ1n) is 4.46. The molecule has 94 valence electrons. The summed E-state index contributed by atoms with van der Waals surface area (Å²) in [6, 6.07) is 2.87. The standard InChI is InChI=1S/C9H9ClFNO4S/c10-17(14,15)8-5-6(11)1-2-7(8)16-4-3-9(12)13/h1-2,5H,3-4H2,(H2,12,13). The quantitative estimate of drug-likeness (QED) is 0.816. The highest BCUT2D eigenvalue weighted by Gasteiger charge is 2.18. The van der Waals surface area contributed by atoms with Crippen molar-refractivity contribution in [3.8, 4) is 5.75 Å². The number of halogens is 2. The number of rotatable bonds is 5. The summed E-state index contributed by atoms with van der Waals surface area (Å²) >= 11 is 0. The van der Waals surface area contributed by atoms with Gasteiger partial charge in [0.15, 0.2) is 0 Å². The van der Waals surface area contributed by atoms with Crippen LogP contribution in [0.2, 0.25) is 0 Å². The normalized spacial score (nSPS) is 11.2. The summed E-state index contributed by atoms with van der Waals surface area (Å²) in [6.45, 7) is -0.111. The van der Waals surface area contributed by atoms with E-state index in [4.69, 9.17) is 21.2 Å². The van der Waals surface area contributed by atoms with E-state index in [2.05, 4.69) is 0 Å². The zero-order chi connectivity index (χ0) is 13.1. The largest absolute Gasteiger partial charge is 0.492 e. The van der Waals surface area contributed by atoms with Crippen LogP contribution < -0.4 is 10.5 Å². The third kappa shape index (κ3) is 4.20. The molecular formula is C9H9ClFNO4S. The van der Waals surface area contributed by atoms with Crippen LogP contribution in [-0.2, 0) is 13.8 Å². The number of hydrogen-bond donors (Lipinski definition) is 1. The Bertz CT molecular complexity index is 532. The van der Waals surface area contributed by atoms with E-state index in [-0.39, 0.29) is 18.8 Å². The van der Waals surface area contributed by atoms with Crippen LogP contribution in [-0.4, -0.2) is 20.9 Å². The van der Waals surface area contributed by atoms with E-state index >= 15 is 0 Å². The van der Waals surface area contributed by atoms with Crippen LogP contribution in [0.1, 0.15) is 6.42 Å². The molecule has 0 fully saturated rings. The van der Waals surface area contributed by atoms with Crippen molar-refractivity contribution in [2.24, 2.45) is 5.73 Å². The number of carbonyl (C=O) groups is 1. The van der Waals surface area contributed by atoms with Crippen LogP contribution >= 0.6 is 10.7 Å². The van der Waals surface area contributed by atoms with E-state index in [1.165, 1.54) is 0 Å². The van der Waals surface area contributed by atoms with E-state index in [0.717, 1.165) is 18.2 Å². The lowest BCUT2D eigenvalue weighted by atomic mass is 10.3. The van der Waals surface area contributed by atoms with Crippen molar-refractivity contribution in [2.45, 2.75) is 11.3 Å². The van der Waals surface area contributed by atoms with Crippen molar-refractivity contribution >= 4 is 25.6 Å². The lowest BCUT2D eigenvalue weighted by Crippen LogP contribution is -2.15. The molecule has 0 atom stereocenters. The Morgan fingerprint density at radius 2 is 2.12 bits per heavy atom. The van der Waals surface area contributed by atoms with Crippen molar-refractivity contribution in [3.05, 3.63) is 24.0 Å². The molecule has 5 nitrogen and oxygen atoms in total. The van der Waals surface area contributed by atoms with Gasteiger partial charge in [0.25, 0.3) is 9.05 Å². The Kier molecular flexibility index (Phi) is 4.30. The first-order valence-corrected chi connectivity index (χ1v) is 6.77. The molecule has 0 unspecified atom stereocenters. The fourth-order valence-corrected chi connectivity index (χ4v) is 2.04. The molecule has 0 heterocycles. The lowest BCUT2D eigenvalue weighted by Gasteiger charge is -2.08. The fraction of sp³-hybridized carbons (Fsp3) is 0.222. The van der Waals surface area contributed by atoms with Crippen molar-refractivity contribution in [2.75, 3.05) is 6.61 Å². The van der Waals surface area contributed by atoms with Crippen LogP contribution in [0.15, 0.2) is 23.1 Å². The molecule has 0 saturated heterocycles. The van der Waals surface area contributed by atoms with Crippen LogP contribution in [0, 0.1) is 5.82 Å². The predicted molar refractivity (Wildman–Crippen MR) is 58.7 cm³/mol. The SMILES string of the molecule is NC(=O)CCOc1ccc(F)cc1S(=O)(=O)Cl. The molecule has 0 spiro atoms. The van der Waals surface area contributed by atoms with E-state index < -0.39 is 25.7 Å². The second-order valence-corrected chi connectivity index (χ2v) is 5.63. The highest BCUT2D eigenvalue weighted by atomic mass is 35.7. The Morgan fingerprint density at radius 1 is 1.47 bits per heavy atom. The summed E-state index contributed by atoms with van der Waals surface area (Å²) in [5.74, 6) is -1.48. The topological polar surface area (TPSA) is 86.5 Å². The van der Waals surface area contributed by atoms with Gasteiger partial charge in [-0.2, -0.15) is 0 Å². The average molecular weight is 282 g/mol. The Labute approximate surface area is 102 Å². The van der Waals surface area contributed by atoms with Crippen molar-refractivity contribution in [3.63, 3.8) is 0 Å². The third-order valence-electron chi connectivity index (χ3n) is 1.77. The van der Waals surface area contributed by atoms with Crippen molar-refractivity contribution < 1.29 is 22.3 Å². The summed E-state index contributed by atoms with van der Waals surface area (Å²) in [5.41, 5.74) is 4.88. The smallest absolute Gasteiger partial charge is 0.265 e. The molecule has 0 aliphatic heterocycles. The van der Waals surface area contributed by atoms with Gasteiger partial charge in [-0.05, 0) is 18.2 Å². The molecular weight excluding hydrogens is 273 g/mol. The maximum atomic E-state index is 12.9. The number of primary amides is 1. The van der Waals surface area contributed by atoms with Crippen molar-refractivity contribution in [1.82, 2.24) is 0 Å². The number of ether oxygens (including phenoxy) is 1. The number of benzene rings is 1. The van der Waals surface area contributed by atoms with Crippen LogP contribution in [0.25, 0.3) is 0 Å². The first-order chi connectivity index (χ1) is 7.80. The van der Waals surface area contributed by atoms with Gasteiger partial charge in [0.2, 0.25) is 5.91 Å². The van der Waals surface area contributed by atoms with E-state index in [1.54, 1.807) is 0 Å². The van der Waals surface area contributed by atoms with Crippen molar-refractivity contribution in [1.29, 1.82) is 0 Å². The Balaban J connectivity index is 2.95. The molecule has 0 aromatic heterocycles. The van der Waals surface area contributed by atoms with E-state index in [9.17, 15) is 17.6 Å². The molecule has 8 heteroatoms. The first kappa shape index (κ1) is 13.7. The molecule has 1 amide bonds. The summed E-state index contributed by atoms with van der Waals surface area (Å²) in [7, 11) is 0.995. The molecule has 0 aliphatic carbocycles. The maximum Gasteiger partial charge on any atom is 0.265 e. The van der Waals surface area contributed by atoms with Gasteiger partial charge in [-0.25, -0.2) is 12.8 Å². The van der Waals surface area contributed by atoms with E-state index in [0.29, 0.717) is 0 Å². The third-order valence-corrected chi connectivity index (χ3v) is 3.12. The summed E-state index contributed by atoms with van der Waals surface area (Å²) in [5, 5.41) is 0. The number of amides is 1. The minimum absolute atomic E-state index is 0.0842. The zero-order valence-corrected chi connectivity index (χ0v) is 10.1. The van der Waals surface area contributed by atoms with Gasteiger partial charge in [-0.3, -0.25) is 4.79 Å². The van der Waals surface area contributed by atoms with Crippen LogP contribution in [0.5, 0.6) is 5.75 Å². The molecule has 0 radical (unpaired) electrons. The van der Waals surface area contributed by atoms with Gasteiger partial charge in [-0.1, -0.05) is 0 Å². The van der Waals surface area contributed by atoms with Crippen LogP contribution in [0.4, 0.5) is 4.39 Å². The van der Waals surface area contributed by atoms with E-state index in [1.807, 2.05) is 0 Å². The Morgan fingerprint density at radius 3 is 2.65 bits per heavy atom. The summed E-state index contributed by atoms with van der Waals surface area (Å²) in [6.07, 6.45) is -0.0842. The highest BCUT2D eigenvalue weighted by molar-refractivity contribution is 8.13. The highest BCUT2D eigenvalue weighted by Crippen LogP contribution is 2.27. The molecule has 17 heavy (non-hydrogen) atoms. The minimum atomic E-state index is -4.12. The monoisotopic (exact) mass is 281 g/mol. The van der Waals surface area contributed by atoms with Gasteiger partial charge >= 0.3 is 0 Å². The average Bonchev–Trinajstić information content (AvgIpc) is 2.18. The molecule has 2 N–H and O–H groups in total. The predicted octanol–water partition coefficient (Wildman–Crippen LogP) is 1.01. The van der Waals surface area contributed by atoms with Gasteiger partial charge in [-0.15, -0.1) is 0 Å². The second-order valence-electron chi connectivity index (χ2n) is 3.09. The maximum absolute atomic E-state index is 12.9. The Hall–Kier alpha value is -1.34. The van der Waals surface area contributed by atoms with Gasteiger partial charge in [0.05, 0.1) is 13.0 Å². The molecule has 0 aliphatic rings. The summed E-state index contributed by atoms with van der Waals surface area (Å²) in [4.78, 5) is 9.98. The van der Waals surface area contributed by atoms with Gasteiger partial charge in [0.1, 0.15) is 16.5 Å². The minimum Gasteiger partial charge on any atom is -0.492 e. The second kappa shape index (κ2) is 5.33.